The molecule has 1 saturated heterocycles. The molecule has 0 bridgehead atoms. The van der Waals surface area contributed by atoms with E-state index in [1.165, 1.54) is 11.8 Å². The molecule has 0 aliphatic carbocycles. The van der Waals surface area contributed by atoms with Crippen LogP contribution < -0.4 is 5.32 Å². The number of aryl methyl sites for hydroxylation is 1. The maximum Gasteiger partial charge on any atom is 0.264 e. The molecule has 1 aliphatic heterocycles. The molecule has 5 aromatic rings. The fraction of sp³-hybridized carbons (Fsp3) is 0.0370. The molecule has 10 heteroatoms. The lowest BCUT2D eigenvalue weighted by atomic mass is 10.2. The van der Waals surface area contributed by atoms with Gasteiger partial charge < -0.3 is 0 Å². The molecular formula is C27H20N8OS. The molecule has 0 unspecified atom stereocenters. The maximum atomic E-state index is 12.4. The number of benzene rings is 3. The van der Waals surface area contributed by atoms with E-state index in [2.05, 4.69) is 25.8 Å². The molecule has 2 aromatic heterocycles. The molecule has 3 heterocycles. The molecule has 0 spiro atoms. The molecule has 1 N–H and O–H groups in total. The van der Waals surface area contributed by atoms with Crippen LogP contribution in [0.2, 0.25) is 0 Å². The third-order valence-electron chi connectivity index (χ3n) is 5.72. The predicted octanol–water partition coefficient (Wildman–Crippen LogP) is 4.51. The van der Waals surface area contributed by atoms with Crippen LogP contribution in [-0.2, 0) is 4.79 Å². The average molecular weight is 505 g/mol. The largest absolute Gasteiger partial charge is 0.299 e. The zero-order valence-corrected chi connectivity index (χ0v) is 20.5. The second-order valence-electron chi connectivity index (χ2n) is 8.19. The molecule has 1 amide bonds. The molecule has 0 radical (unpaired) electrons. The van der Waals surface area contributed by atoms with Crippen molar-refractivity contribution < 1.29 is 4.79 Å². The quantitative estimate of drug-likeness (QED) is 0.216. The highest BCUT2D eigenvalue weighted by Gasteiger charge is 2.24. The van der Waals surface area contributed by atoms with Crippen LogP contribution in [0.1, 0.15) is 16.8 Å². The second kappa shape index (κ2) is 9.67. The van der Waals surface area contributed by atoms with Gasteiger partial charge in [-0.05, 0) is 54.6 Å². The Labute approximate surface area is 216 Å². The number of nitrogens with one attached hydrogen (secondary N) is 1. The van der Waals surface area contributed by atoms with Gasteiger partial charge in [-0.25, -0.2) is 4.68 Å². The van der Waals surface area contributed by atoms with Gasteiger partial charge in [0.15, 0.2) is 11.0 Å². The van der Waals surface area contributed by atoms with Crippen LogP contribution >= 0.6 is 11.8 Å². The summed E-state index contributed by atoms with van der Waals surface area (Å²) in [6.45, 7) is 1.91. The first-order valence-electron chi connectivity index (χ1n) is 11.5. The van der Waals surface area contributed by atoms with Crippen molar-refractivity contribution in [2.24, 2.45) is 10.2 Å². The molecule has 0 atom stereocenters. The van der Waals surface area contributed by atoms with E-state index in [1.54, 1.807) is 10.9 Å². The Morgan fingerprint density at radius 2 is 1.65 bits per heavy atom. The number of hydrogen-bond donors (Lipinski definition) is 1. The lowest BCUT2D eigenvalue weighted by Gasteiger charge is -2.08. The zero-order chi connectivity index (χ0) is 25.2. The van der Waals surface area contributed by atoms with Gasteiger partial charge >= 0.3 is 0 Å². The number of aromatic nitrogens is 5. The van der Waals surface area contributed by atoms with E-state index < -0.39 is 0 Å². The minimum absolute atomic E-state index is 0.203. The van der Waals surface area contributed by atoms with Crippen LogP contribution in [0.5, 0.6) is 0 Å². The van der Waals surface area contributed by atoms with Crippen LogP contribution in [0.3, 0.4) is 0 Å². The number of fused-ring (bicyclic) bond motifs is 1. The summed E-state index contributed by atoms with van der Waals surface area (Å²) in [5.41, 5.74) is 4.91. The second-order valence-corrected chi connectivity index (χ2v) is 9.22. The Morgan fingerprint density at radius 3 is 2.46 bits per heavy atom. The Kier molecular flexibility index (Phi) is 5.91. The molecule has 9 nitrogen and oxygen atoms in total. The number of thioether (sulfide) groups is 1. The predicted molar refractivity (Wildman–Crippen MR) is 146 cm³/mol. The topological polar surface area (TPSA) is 102 Å². The lowest BCUT2D eigenvalue weighted by Crippen LogP contribution is -2.19. The fourth-order valence-corrected chi connectivity index (χ4v) is 4.75. The minimum Gasteiger partial charge on any atom is -0.299 e. The Balaban J connectivity index is 1.38. The van der Waals surface area contributed by atoms with E-state index in [1.807, 2.05) is 103 Å². The number of nitrogens with zero attached hydrogens (tertiary/aromatic N) is 7. The number of amidine groups is 1. The van der Waals surface area contributed by atoms with Crippen molar-refractivity contribution in [3.05, 3.63) is 107 Å². The third kappa shape index (κ3) is 4.45. The fourth-order valence-electron chi connectivity index (χ4n) is 3.97. The van der Waals surface area contributed by atoms with E-state index in [0.29, 0.717) is 15.9 Å². The summed E-state index contributed by atoms with van der Waals surface area (Å²) in [6, 6.07) is 27.2. The molecule has 1 aliphatic rings. The van der Waals surface area contributed by atoms with Crippen molar-refractivity contribution in [2.75, 3.05) is 0 Å². The van der Waals surface area contributed by atoms with E-state index in [-0.39, 0.29) is 5.91 Å². The number of carbonyl (C=O) groups is 1. The van der Waals surface area contributed by atoms with Crippen molar-refractivity contribution in [2.45, 2.75) is 6.92 Å². The SMILES string of the molecule is Cc1nn(-c2ccccc2)c(-n2nnc3ccccc32)c1/C=N/N=C1/NC(=O)/C(=C/c2ccccc2)S1. The van der Waals surface area contributed by atoms with Crippen LogP contribution in [0.25, 0.3) is 28.6 Å². The monoisotopic (exact) mass is 504 g/mol. The van der Waals surface area contributed by atoms with Gasteiger partial charge in [0.1, 0.15) is 5.52 Å². The summed E-state index contributed by atoms with van der Waals surface area (Å²) < 4.78 is 3.57. The van der Waals surface area contributed by atoms with Gasteiger partial charge in [0.05, 0.1) is 33.6 Å². The van der Waals surface area contributed by atoms with Crippen molar-refractivity contribution >= 4 is 46.2 Å². The zero-order valence-electron chi connectivity index (χ0n) is 19.7. The summed E-state index contributed by atoms with van der Waals surface area (Å²) in [5.74, 6) is 0.486. The Bertz CT molecular complexity index is 1700. The molecule has 3 aromatic carbocycles. The van der Waals surface area contributed by atoms with Gasteiger partial charge in [-0.3, -0.25) is 10.1 Å². The average Bonchev–Trinajstić information content (AvgIpc) is 3.60. The number of amides is 1. The first-order valence-corrected chi connectivity index (χ1v) is 12.3. The van der Waals surface area contributed by atoms with E-state index in [4.69, 9.17) is 5.10 Å². The number of hydrogen-bond acceptors (Lipinski definition) is 7. The molecule has 180 valence electrons. The number of para-hydroxylation sites is 2. The van der Waals surface area contributed by atoms with Gasteiger partial charge in [-0.1, -0.05) is 65.9 Å². The van der Waals surface area contributed by atoms with Gasteiger partial charge in [-0.2, -0.15) is 14.9 Å². The van der Waals surface area contributed by atoms with Crippen molar-refractivity contribution in [3.8, 4) is 11.5 Å². The summed E-state index contributed by atoms with van der Waals surface area (Å²) >= 11 is 1.25. The standard InChI is InChI=1S/C27H20N8OS/c1-18-21(17-28-31-27-29-25(36)24(37-27)16-19-10-4-2-5-11-19)26(34(32-18)20-12-6-3-7-13-20)35-23-15-9-8-14-22(23)30-33-35/h2-17H,1H3,(H,29,31,36)/b24-16-,28-17+. The normalized spacial score (nSPS) is 15.9. The highest BCUT2D eigenvalue weighted by atomic mass is 32.2. The lowest BCUT2D eigenvalue weighted by molar-refractivity contribution is -0.115. The van der Waals surface area contributed by atoms with Crippen molar-refractivity contribution in [3.63, 3.8) is 0 Å². The minimum atomic E-state index is -0.203. The highest BCUT2D eigenvalue weighted by Crippen LogP contribution is 2.27. The van der Waals surface area contributed by atoms with Crippen LogP contribution in [0.4, 0.5) is 0 Å². The van der Waals surface area contributed by atoms with Crippen LogP contribution in [0.15, 0.2) is 100 Å². The van der Waals surface area contributed by atoms with Gasteiger partial charge in [0, 0.05) is 0 Å². The Hall–Kier alpha value is -4.83. The molecule has 0 saturated carbocycles. The molecular weight excluding hydrogens is 484 g/mol. The first kappa shape index (κ1) is 22.6. The summed E-state index contributed by atoms with van der Waals surface area (Å²) in [6.07, 6.45) is 3.46. The smallest absolute Gasteiger partial charge is 0.264 e. The van der Waals surface area contributed by atoms with E-state index in [0.717, 1.165) is 33.5 Å². The molecule has 6 rings (SSSR count). The Morgan fingerprint density at radius 1 is 0.919 bits per heavy atom. The van der Waals surface area contributed by atoms with Gasteiger partial charge in [0.2, 0.25) is 0 Å². The van der Waals surface area contributed by atoms with Gasteiger partial charge in [0.25, 0.3) is 5.91 Å². The number of carbonyl (C=O) groups excluding carboxylic acids is 1. The van der Waals surface area contributed by atoms with Crippen LogP contribution in [0, 0.1) is 6.92 Å². The molecule has 1 fully saturated rings. The highest BCUT2D eigenvalue weighted by molar-refractivity contribution is 8.18. The van der Waals surface area contributed by atoms with Crippen molar-refractivity contribution in [1.29, 1.82) is 0 Å². The van der Waals surface area contributed by atoms with Crippen molar-refractivity contribution in [1.82, 2.24) is 30.1 Å². The van der Waals surface area contributed by atoms with Crippen LogP contribution in [-0.4, -0.2) is 42.1 Å². The first-order chi connectivity index (χ1) is 18.2. The maximum absolute atomic E-state index is 12.4. The summed E-state index contributed by atoms with van der Waals surface area (Å²) in [5, 5.41) is 25.2. The summed E-state index contributed by atoms with van der Waals surface area (Å²) in [4.78, 5) is 13.0. The van der Waals surface area contributed by atoms with E-state index >= 15 is 0 Å². The summed E-state index contributed by atoms with van der Waals surface area (Å²) in [7, 11) is 0. The third-order valence-corrected chi connectivity index (χ3v) is 6.62. The number of rotatable bonds is 5. The van der Waals surface area contributed by atoms with Gasteiger partial charge in [-0.15, -0.1) is 10.2 Å². The van der Waals surface area contributed by atoms with E-state index in [9.17, 15) is 4.79 Å². The molecule has 37 heavy (non-hydrogen) atoms.